The van der Waals surface area contributed by atoms with Crippen LogP contribution < -0.4 is 24.4 Å². The standard InChI is InChI=1S/C26H26F2N2O4/c1-32-22-12-18(13-23(33-2)25(22)34-16-17-8-4-3-5-9-17)26(31)29-19-14-20(27)24(21(28)15-19)30-10-6-7-11-30/h3-5,8-9,12-15H,6-7,10-11,16H2,1-2H3,(H,29,31). The summed E-state index contributed by atoms with van der Waals surface area (Å²) in [5.74, 6) is -1.06. The predicted molar refractivity (Wildman–Crippen MR) is 126 cm³/mol. The fraction of sp³-hybridized carbons (Fsp3) is 0.269. The van der Waals surface area contributed by atoms with Gasteiger partial charge in [-0.05, 0) is 42.7 Å². The van der Waals surface area contributed by atoms with E-state index in [0.29, 0.717) is 30.3 Å². The maximum Gasteiger partial charge on any atom is 0.255 e. The van der Waals surface area contributed by atoms with Gasteiger partial charge in [-0.3, -0.25) is 4.79 Å². The van der Waals surface area contributed by atoms with E-state index in [4.69, 9.17) is 14.2 Å². The molecule has 1 aliphatic rings. The van der Waals surface area contributed by atoms with Crippen molar-refractivity contribution in [3.05, 3.63) is 77.4 Å². The minimum absolute atomic E-state index is 0.0188. The minimum Gasteiger partial charge on any atom is -0.493 e. The lowest BCUT2D eigenvalue weighted by Crippen LogP contribution is -2.21. The predicted octanol–water partition coefficient (Wildman–Crippen LogP) is 5.41. The summed E-state index contributed by atoms with van der Waals surface area (Å²) >= 11 is 0. The molecule has 3 aromatic rings. The van der Waals surface area contributed by atoms with Crippen molar-refractivity contribution in [1.82, 2.24) is 0 Å². The van der Waals surface area contributed by atoms with E-state index in [0.717, 1.165) is 30.5 Å². The number of hydrogen-bond acceptors (Lipinski definition) is 5. The number of carbonyl (C=O) groups is 1. The average Bonchev–Trinajstić information content (AvgIpc) is 3.36. The van der Waals surface area contributed by atoms with Gasteiger partial charge in [0.2, 0.25) is 5.75 Å². The van der Waals surface area contributed by atoms with Crippen molar-refractivity contribution in [2.75, 3.05) is 37.5 Å². The first kappa shape index (κ1) is 23.4. The van der Waals surface area contributed by atoms with Crippen LogP contribution in [0.1, 0.15) is 28.8 Å². The molecule has 1 saturated heterocycles. The van der Waals surface area contributed by atoms with Gasteiger partial charge < -0.3 is 24.4 Å². The maximum atomic E-state index is 14.6. The van der Waals surface area contributed by atoms with Crippen LogP contribution in [0.15, 0.2) is 54.6 Å². The number of hydrogen-bond donors (Lipinski definition) is 1. The molecule has 1 aliphatic heterocycles. The average molecular weight is 469 g/mol. The SMILES string of the molecule is COc1cc(C(=O)Nc2cc(F)c(N3CCCC3)c(F)c2)cc(OC)c1OCc1ccccc1. The number of benzene rings is 3. The molecular formula is C26H26F2N2O4. The van der Waals surface area contributed by atoms with Crippen LogP contribution in [0.4, 0.5) is 20.2 Å². The summed E-state index contributed by atoms with van der Waals surface area (Å²) in [4.78, 5) is 14.6. The fourth-order valence-electron chi connectivity index (χ4n) is 3.97. The summed E-state index contributed by atoms with van der Waals surface area (Å²) in [6.45, 7) is 1.50. The van der Waals surface area contributed by atoms with Gasteiger partial charge in [-0.25, -0.2) is 8.78 Å². The topological polar surface area (TPSA) is 60.0 Å². The Bertz CT molecular complexity index is 1120. The van der Waals surface area contributed by atoms with Gasteiger partial charge in [0.05, 0.1) is 14.2 Å². The van der Waals surface area contributed by atoms with E-state index in [-0.39, 0.29) is 23.5 Å². The van der Waals surface area contributed by atoms with Crippen molar-refractivity contribution < 1.29 is 27.8 Å². The number of rotatable bonds is 8. The van der Waals surface area contributed by atoms with Crippen LogP contribution in [0.3, 0.4) is 0 Å². The monoisotopic (exact) mass is 468 g/mol. The van der Waals surface area contributed by atoms with Crippen molar-refractivity contribution >= 4 is 17.3 Å². The Morgan fingerprint density at radius 3 is 2.09 bits per heavy atom. The lowest BCUT2D eigenvalue weighted by atomic mass is 10.1. The molecule has 3 aromatic carbocycles. The molecule has 1 amide bonds. The smallest absolute Gasteiger partial charge is 0.255 e. The highest BCUT2D eigenvalue weighted by Crippen LogP contribution is 2.39. The van der Waals surface area contributed by atoms with E-state index in [9.17, 15) is 13.6 Å². The Kier molecular flexibility index (Phi) is 7.15. The van der Waals surface area contributed by atoms with E-state index >= 15 is 0 Å². The molecule has 0 radical (unpaired) electrons. The number of carbonyl (C=O) groups excluding carboxylic acids is 1. The van der Waals surface area contributed by atoms with Crippen molar-refractivity contribution in [2.24, 2.45) is 0 Å². The van der Waals surface area contributed by atoms with Crippen LogP contribution in [-0.4, -0.2) is 33.2 Å². The van der Waals surface area contributed by atoms with Gasteiger partial charge in [0.15, 0.2) is 23.1 Å². The van der Waals surface area contributed by atoms with E-state index in [1.807, 2.05) is 30.3 Å². The molecule has 178 valence electrons. The third kappa shape index (κ3) is 5.06. The maximum absolute atomic E-state index is 14.6. The second kappa shape index (κ2) is 10.4. The summed E-state index contributed by atoms with van der Waals surface area (Å²) in [6.07, 6.45) is 1.79. The van der Waals surface area contributed by atoms with Crippen molar-refractivity contribution in [1.29, 1.82) is 0 Å². The molecule has 8 heteroatoms. The van der Waals surface area contributed by atoms with Gasteiger partial charge in [-0.2, -0.15) is 0 Å². The first-order valence-corrected chi connectivity index (χ1v) is 11.0. The second-order valence-electron chi connectivity index (χ2n) is 7.92. The number of halogens is 2. The highest BCUT2D eigenvalue weighted by molar-refractivity contribution is 6.05. The summed E-state index contributed by atoms with van der Waals surface area (Å²) in [7, 11) is 2.90. The van der Waals surface area contributed by atoms with Crippen molar-refractivity contribution in [3.63, 3.8) is 0 Å². The molecule has 0 bridgehead atoms. The Morgan fingerprint density at radius 1 is 0.941 bits per heavy atom. The Morgan fingerprint density at radius 2 is 1.53 bits per heavy atom. The molecule has 1 fully saturated rings. The number of anilines is 2. The van der Waals surface area contributed by atoms with Gasteiger partial charge in [0.25, 0.3) is 5.91 Å². The zero-order valence-electron chi connectivity index (χ0n) is 19.1. The van der Waals surface area contributed by atoms with Gasteiger partial charge in [-0.15, -0.1) is 0 Å². The summed E-state index contributed by atoms with van der Waals surface area (Å²) < 4.78 is 46.0. The Hall–Kier alpha value is -3.81. The normalized spacial score (nSPS) is 13.0. The lowest BCUT2D eigenvalue weighted by molar-refractivity contribution is 0.102. The fourth-order valence-corrected chi connectivity index (χ4v) is 3.97. The molecule has 0 aliphatic carbocycles. The molecule has 6 nitrogen and oxygen atoms in total. The van der Waals surface area contributed by atoms with Crippen LogP contribution in [-0.2, 0) is 6.61 Å². The molecule has 4 rings (SSSR count). The van der Waals surface area contributed by atoms with E-state index in [1.165, 1.54) is 26.4 Å². The van der Waals surface area contributed by atoms with Crippen LogP contribution in [0.2, 0.25) is 0 Å². The molecule has 1 N–H and O–H groups in total. The summed E-state index contributed by atoms with van der Waals surface area (Å²) in [6, 6.07) is 14.8. The number of ether oxygens (including phenoxy) is 3. The lowest BCUT2D eigenvalue weighted by Gasteiger charge is -2.20. The van der Waals surface area contributed by atoms with E-state index < -0.39 is 17.5 Å². The van der Waals surface area contributed by atoms with Crippen LogP contribution in [0.5, 0.6) is 17.2 Å². The molecule has 34 heavy (non-hydrogen) atoms. The summed E-state index contributed by atoms with van der Waals surface area (Å²) in [5, 5.41) is 2.55. The molecular weight excluding hydrogens is 442 g/mol. The molecule has 0 saturated carbocycles. The quantitative estimate of drug-likeness (QED) is 0.479. The van der Waals surface area contributed by atoms with Gasteiger partial charge in [-0.1, -0.05) is 30.3 Å². The highest BCUT2D eigenvalue weighted by atomic mass is 19.1. The number of nitrogens with one attached hydrogen (secondary N) is 1. The zero-order valence-corrected chi connectivity index (χ0v) is 19.1. The highest BCUT2D eigenvalue weighted by Gasteiger charge is 2.22. The second-order valence-corrected chi connectivity index (χ2v) is 7.92. The summed E-state index contributed by atoms with van der Waals surface area (Å²) in [5.41, 5.74) is 1.10. The Labute approximate surface area is 197 Å². The Balaban J connectivity index is 1.55. The third-order valence-corrected chi connectivity index (χ3v) is 5.65. The van der Waals surface area contributed by atoms with Gasteiger partial charge in [0.1, 0.15) is 12.3 Å². The van der Waals surface area contributed by atoms with E-state index in [2.05, 4.69) is 5.32 Å². The zero-order chi connectivity index (χ0) is 24.1. The van der Waals surface area contributed by atoms with Crippen molar-refractivity contribution in [2.45, 2.75) is 19.4 Å². The molecule has 0 atom stereocenters. The van der Waals surface area contributed by atoms with E-state index in [1.54, 1.807) is 4.90 Å². The first-order chi connectivity index (χ1) is 16.5. The minimum atomic E-state index is -0.711. The largest absolute Gasteiger partial charge is 0.493 e. The molecule has 0 unspecified atom stereocenters. The molecule has 0 spiro atoms. The van der Waals surface area contributed by atoms with Gasteiger partial charge >= 0.3 is 0 Å². The number of amides is 1. The van der Waals surface area contributed by atoms with Crippen LogP contribution in [0, 0.1) is 11.6 Å². The van der Waals surface area contributed by atoms with Gasteiger partial charge in [0, 0.05) is 24.3 Å². The molecule has 0 aromatic heterocycles. The third-order valence-electron chi connectivity index (χ3n) is 5.65. The number of methoxy groups -OCH3 is 2. The first-order valence-electron chi connectivity index (χ1n) is 11.0. The molecule has 1 heterocycles. The van der Waals surface area contributed by atoms with Crippen molar-refractivity contribution in [3.8, 4) is 17.2 Å². The number of nitrogens with zero attached hydrogens (tertiary/aromatic N) is 1. The van der Waals surface area contributed by atoms with Crippen LogP contribution >= 0.6 is 0 Å². The van der Waals surface area contributed by atoms with Crippen LogP contribution in [0.25, 0.3) is 0 Å².